The number of carbonyl (C=O) groups is 1. The maximum atomic E-state index is 12.2. The van der Waals surface area contributed by atoms with E-state index < -0.39 is 4.92 Å². The molecular formula is C18H16N4O5S. The number of para-hydroxylation sites is 2. The molecule has 0 bridgehead atoms. The fourth-order valence-corrected chi connectivity index (χ4v) is 2.84. The smallest absolute Gasteiger partial charge is 0.277 e. The van der Waals surface area contributed by atoms with Crippen molar-refractivity contribution in [1.29, 1.82) is 0 Å². The van der Waals surface area contributed by atoms with Gasteiger partial charge in [-0.15, -0.1) is 10.2 Å². The number of thioether (sulfide) groups is 1. The predicted octanol–water partition coefficient (Wildman–Crippen LogP) is 3.77. The molecule has 0 spiro atoms. The van der Waals surface area contributed by atoms with Crippen molar-refractivity contribution in [2.75, 3.05) is 17.7 Å². The molecule has 0 atom stereocenters. The third kappa shape index (κ3) is 4.86. The minimum atomic E-state index is -0.485. The van der Waals surface area contributed by atoms with E-state index in [2.05, 4.69) is 15.5 Å². The molecule has 1 heterocycles. The van der Waals surface area contributed by atoms with Crippen LogP contribution in [0.5, 0.6) is 5.75 Å². The minimum absolute atomic E-state index is 0.0260. The number of hydrogen-bond acceptors (Lipinski definition) is 8. The highest BCUT2D eigenvalue weighted by molar-refractivity contribution is 7.99. The molecule has 28 heavy (non-hydrogen) atoms. The standard InChI is InChI=1S/C18H16N4O5S/c1-2-26-15-6-4-3-5-14(15)19-16(23)11-28-18-21-20-17(27-18)12-7-9-13(10-8-12)22(24)25/h3-10H,2,11H2,1H3,(H,19,23). The largest absolute Gasteiger partial charge is 0.492 e. The Hall–Kier alpha value is -3.40. The van der Waals surface area contributed by atoms with E-state index in [4.69, 9.17) is 9.15 Å². The third-order valence-electron chi connectivity index (χ3n) is 3.52. The molecule has 1 amide bonds. The molecule has 0 saturated heterocycles. The van der Waals surface area contributed by atoms with Gasteiger partial charge in [0.25, 0.3) is 10.9 Å². The Morgan fingerprint density at radius 1 is 1.21 bits per heavy atom. The van der Waals surface area contributed by atoms with Gasteiger partial charge < -0.3 is 14.5 Å². The average Bonchev–Trinajstić information content (AvgIpc) is 3.17. The number of nitrogens with zero attached hydrogens (tertiary/aromatic N) is 3. The first-order valence-corrected chi connectivity index (χ1v) is 9.28. The second-order valence-electron chi connectivity index (χ2n) is 5.44. The van der Waals surface area contributed by atoms with Gasteiger partial charge in [-0.2, -0.15) is 0 Å². The number of amides is 1. The van der Waals surface area contributed by atoms with Gasteiger partial charge in [-0.3, -0.25) is 14.9 Å². The van der Waals surface area contributed by atoms with Crippen molar-refractivity contribution in [2.45, 2.75) is 12.1 Å². The van der Waals surface area contributed by atoms with E-state index in [0.29, 0.717) is 23.6 Å². The van der Waals surface area contributed by atoms with Crippen molar-refractivity contribution >= 4 is 29.0 Å². The van der Waals surface area contributed by atoms with Gasteiger partial charge in [0.2, 0.25) is 11.8 Å². The van der Waals surface area contributed by atoms with Crippen molar-refractivity contribution in [3.8, 4) is 17.2 Å². The molecule has 3 rings (SSSR count). The summed E-state index contributed by atoms with van der Waals surface area (Å²) in [5, 5.41) is 21.5. The van der Waals surface area contributed by atoms with E-state index >= 15 is 0 Å². The highest BCUT2D eigenvalue weighted by atomic mass is 32.2. The molecule has 9 nitrogen and oxygen atoms in total. The minimum Gasteiger partial charge on any atom is -0.492 e. The lowest BCUT2D eigenvalue weighted by Crippen LogP contribution is -2.14. The fraction of sp³-hybridized carbons (Fsp3) is 0.167. The van der Waals surface area contributed by atoms with E-state index in [1.807, 2.05) is 13.0 Å². The molecule has 0 aliphatic carbocycles. The summed E-state index contributed by atoms with van der Waals surface area (Å²) in [5.74, 6) is 0.649. The van der Waals surface area contributed by atoms with E-state index in [-0.39, 0.29) is 28.5 Å². The van der Waals surface area contributed by atoms with Gasteiger partial charge in [0.15, 0.2) is 0 Å². The Balaban J connectivity index is 1.58. The number of carbonyl (C=O) groups excluding carboxylic acids is 1. The summed E-state index contributed by atoms with van der Waals surface area (Å²) in [6.07, 6.45) is 0. The molecule has 0 unspecified atom stereocenters. The summed E-state index contributed by atoms with van der Waals surface area (Å²) in [5.41, 5.74) is 1.12. The first kappa shape index (κ1) is 19.4. The molecule has 1 aromatic heterocycles. The van der Waals surface area contributed by atoms with E-state index in [1.54, 1.807) is 18.2 Å². The Kier molecular flexibility index (Phi) is 6.22. The van der Waals surface area contributed by atoms with Gasteiger partial charge >= 0.3 is 0 Å². The molecule has 0 radical (unpaired) electrons. The van der Waals surface area contributed by atoms with E-state index in [9.17, 15) is 14.9 Å². The maximum Gasteiger partial charge on any atom is 0.277 e. The molecule has 1 N–H and O–H groups in total. The van der Waals surface area contributed by atoms with Crippen molar-refractivity contribution in [2.24, 2.45) is 0 Å². The van der Waals surface area contributed by atoms with Gasteiger partial charge in [0, 0.05) is 17.7 Å². The molecule has 0 aliphatic rings. The fourth-order valence-electron chi connectivity index (χ4n) is 2.28. The summed E-state index contributed by atoms with van der Waals surface area (Å²) in [4.78, 5) is 22.4. The van der Waals surface area contributed by atoms with Crippen LogP contribution in [0.1, 0.15) is 6.92 Å². The van der Waals surface area contributed by atoms with Crippen LogP contribution in [-0.4, -0.2) is 33.4 Å². The number of nitro benzene ring substituents is 1. The van der Waals surface area contributed by atoms with Gasteiger partial charge in [-0.1, -0.05) is 23.9 Å². The topological polar surface area (TPSA) is 120 Å². The van der Waals surface area contributed by atoms with Crippen LogP contribution in [0.25, 0.3) is 11.5 Å². The van der Waals surface area contributed by atoms with E-state index in [0.717, 1.165) is 11.8 Å². The number of nitro groups is 1. The second kappa shape index (κ2) is 9.00. The summed E-state index contributed by atoms with van der Waals surface area (Å²) in [7, 11) is 0. The lowest BCUT2D eigenvalue weighted by Gasteiger charge is -2.10. The predicted molar refractivity (Wildman–Crippen MR) is 103 cm³/mol. The highest BCUT2D eigenvalue weighted by Gasteiger charge is 2.14. The first-order valence-electron chi connectivity index (χ1n) is 8.29. The van der Waals surface area contributed by atoms with Crippen molar-refractivity contribution < 1.29 is 18.9 Å². The summed E-state index contributed by atoms with van der Waals surface area (Å²) in [6, 6.07) is 12.9. The Morgan fingerprint density at radius 2 is 1.96 bits per heavy atom. The molecule has 10 heteroatoms. The lowest BCUT2D eigenvalue weighted by molar-refractivity contribution is -0.384. The summed E-state index contributed by atoms with van der Waals surface area (Å²) in [6.45, 7) is 2.36. The second-order valence-corrected chi connectivity index (χ2v) is 6.37. The molecule has 3 aromatic rings. The number of non-ortho nitro benzene ring substituents is 1. The van der Waals surface area contributed by atoms with Crippen molar-refractivity contribution in [1.82, 2.24) is 10.2 Å². The van der Waals surface area contributed by atoms with Crippen LogP contribution < -0.4 is 10.1 Å². The zero-order chi connectivity index (χ0) is 19.9. The first-order chi connectivity index (χ1) is 13.6. The van der Waals surface area contributed by atoms with Crippen LogP contribution in [0, 0.1) is 10.1 Å². The SMILES string of the molecule is CCOc1ccccc1NC(=O)CSc1nnc(-c2ccc([N+](=O)[O-])cc2)o1. The molecule has 2 aromatic carbocycles. The maximum absolute atomic E-state index is 12.2. The third-order valence-corrected chi connectivity index (χ3v) is 4.34. The van der Waals surface area contributed by atoms with Gasteiger partial charge in [-0.05, 0) is 31.2 Å². The zero-order valence-electron chi connectivity index (χ0n) is 14.8. The van der Waals surface area contributed by atoms with Crippen molar-refractivity contribution in [3.63, 3.8) is 0 Å². The number of rotatable bonds is 8. The molecule has 144 valence electrons. The van der Waals surface area contributed by atoms with Crippen LogP contribution in [0.15, 0.2) is 58.2 Å². The van der Waals surface area contributed by atoms with Gasteiger partial charge in [0.1, 0.15) is 5.75 Å². The number of ether oxygens (including phenoxy) is 1. The van der Waals surface area contributed by atoms with Gasteiger partial charge in [-0.25, -0.2) is 0 Å². The Morgan fingerprint density at radius 3 is 2.68 bits per heavy atom. The molecule has 0 saturated carbocycles. The van der Waals surface area contributed by atoms with Crippen LogP contribution in [0.4, 0.5) is 11.4 Å². The number of anilines is 1. The van der Waals surface area contributed by atoms with Crippen LogP contribution in [0.2, 0.25) is 0 Å². The highest BCUT2D eigenvalue weighted by Crippen LogP contribution is 2.26. The summed E-state index contributed by atoms with van der Waals surface area (Å²) < 4.78 is 11.0. The average molecular weight is 400 g/mol. The summed E-state index contributed by atoms with van der Waals surface area (Å²) >= 11 is 1.09. The quantitative estimate of drug-likeness (QED) is 0.345. The van der Waals surface area contributed by atoms with Crippen LogP contribution in [0.3, 0.4) is 0 Å². The van der Waals surface area contributed by atoms with Crippen LogP contribution >= 0.6 is 11.8 Å². The molecule has 0 fully saturated rings. The Labute approximate surface area is 164 Å². The number of benzene rings is 2. The molecule has 0 aliphatic heterocycles. The number of aromatic nitrogens is 2. The number of hydrogen-bond donors (Lipinski definition) is 1. The Bertz CT molecular complexity index is 974. The normalized spacial score (nSPS) is 10.5. The zero-order valence-corrected chi connectivity index (χ0v) is 15.6. The lowest BCUT2D eigenvalue weighted by atomic mass is 10.2. The van der Waals surface area contributed by atoms with Crippen LogP contribution in [-0.2, 0) is 4.79 Å². The monoisotopic (exact) mass is 400 g/mol. The number of nitrogens with one attached hydrogen (secondary N) is 1. The van der Waals surface area contributed by atoms with Gasteiger partial charge in [0.05, 0.1) is 23.0 Å². The van der Waals surface area contributed by atoms with E-state index in [1.165, 1.54) is 24.3 Å². The van der Waals surface area contributed by atoms with Crippen molar-refractivity contribution in [3.05, 3.63) is 58.6 Å². The molecular weight excluding hydrogens is 384 g/mol.